The first kappa shape index (κ1) is 15.0. The highest BCUT2D eigenvalue weighted by molar-refractivity contribution is 5.28. The van der Waals surface area contributed by atoms with Crippen molar-refractivity contribution >= 4 is 0 Å². The van der Waals surface area contributed by atoms with Gasteiger partial charge in [-0.15, -0.1) is 0 Å². The average molecular weight is 251 g/mol. The minimum atomic E-state index is -0.253. The Hall–Kier alpha value is -1.06. The lowest BCUT2D eigenvalue weighted by Gasteiger charge is -2.28. The van der Waals surface area contributed by atoms with Gasteiger partial charge >= 0.3 is 0 Å². The van der Waals surface area contributed by atoms with E-state index in [1.54, 1.807) is 0 Å². The van der Waals surface area contributed by atoms with Gasteiger partial charge in [0.1, 0.15) is 5.75 Å². The van der Waals surface area contributed by atoms with Crippen LogP contribution in [-0.2, 0) is 6.42 Å². The number of aliphatic hydroxyl groups excluding tert-OH is 1. The average Bonchev–Trinajstić information content (AvgIpc) is 2.39. The SMILES string of the molecule is CCNC(C)(CO)CCOc1cccc(CC)c1. The van der Waals surface area contributed by atoms with Crippen LogP contribution < -0.4 is 10.1 Å². The van der Waals surface area contributed by atoms with Crippen LogP contribution in [0.2, 0.25) is 0 Å². The normalized spacial score (nSPS) is 14.2. The molecule has 1 aromatic carbocycles. The van der Waals surface area contributed by atoms with Crippen molar-refractivity contribution in [3.05, 3.63) is 29.8 Å². The van der Waals surface area contributed by atoms with Gasteiger partial charge in [-0.1, -0.05) is 26.0 Å². The standard InChI is InChI=1S/C15H25NO2/c1-4-13-7-6-8-14(11-13)18-10-9-15(3,12-17)16-5-2/h6-8,11,16-17H,4-5,9-10,12H2,1-3H3. The van der Waals surface area contributed by atoms with Crippen molar-refractivity contribution in [1.82, 2.24) is 5.32 Å². The molecule has 1 atom stereocenters. The summed E-state index contributed by atoms with van der Waals surface area (Å²) < 4.78 is 5.74. The third-order valence-corrected chi connectivity index (χ3v) is 3.18. The van der Waals surface area contributed by atoms with Crippen LogP contribution in [0.3, 0.4) is 0 Å². The predicted octanol–water partition coefficient (Wildman–Crippen LogP) is 2.38. The summed E-state index contributed by atoms with van der Waals surface area (Å²) in [6, 6.07) is 8.17. The molecule has 3 heteroatoms. The van der Waals surface area contributed by atoms with Gasteiger partial charge in [0.2, 0.25) is 0 Å². The van der Waals surface area contributed by atoms with Gasteiger partial charge in [0.25, 0.3) is 0 Å². The fourth-order valence-corrected chi connectivity index (χ4v) is 1.90. The summed E-state index contributed by atoms with van der Waals surface area (Å²) in [6.45, 7) is 7.77. The molecule has 3 nitrogen and oxygen atoms in total. The maximum Gasteiger partial charge on any atom is 0.119 e. The van der Waals surface area contributed by atoms with E-state index in [4.69, 9.17) is 4.74 Å². The van der Waals surface area contributed by atoms with Gasteiger partial charge in [-0.2, -0.15) is 0 Å². The van der Waals surface area contributed by atoms with E-state index in [0.717, 1.165) is 25.1 Å². The molecule has 0 aliphatic rings. The fourth-order valence-electron chi connectivity index (χ4n) is 1.90. The van der Waals surface area contributed by atoms with E-state index in [1.165, 1.54) is 5.56 Å². The number of rotatable bonds is 8. The number of aryl methyl sites for hydroxylation is 1. The summed E-state index contributed by atoms with van der Waals surface area (Å²) in [4.78, 5) is 0. The van der Waals surface area contributed by atoms with Gasteiger partial charge < -0.3 is 15.2 Å². The number of hydrogen-bond donors (Lipinski definition) is 2. The molecule has 0 saturated carbocycles. The van der Waals surface area contributed by atoms with Crippen molar-refractivity contribution in [2.75, 3.05) is 19.8 Å². The maximum atomic E-state index is 9.38. The number of aliphatic hydroxyl groups is 1. The van der Waals surface area contributed by atoms with E-state index in [0.29, 0.717) is 6.61 Å². The first-order valence-corrected chi connectivity index (χ1v) is 6.71. The van der Waals surface area contributed by atoms with E-state index in [-0.39, 0.29) is 12.1 Å². The van der Waals surface area contributed by atoms with Crippen LogP contribution in [0, 0.1) is 0 Å². The molecule has 0 saturated heterocycles. The quantitative estimate of drug-likeness (QED) is 0.745. The Kier molecular flexibility index (Phi) is 6.16. The number of benzene rings is 1. The molecule has 1 rings (SSSR count). The van der Waals surface area contributed by atoms with E-state index < -0.39 is 0 Å². The molecule has 18 heavy (non-hydrogen) atoms. The van der Waals surface area contributed by atoms with Gasteiger partial charge in [0.15, 0.2) is 0 Å². The van der Waals surface area contributed by atoms with Crippen LogP contribution in [0.25, 0.3) is 0 Å². The minimum absolute atomic E-state index is 0.124. The Morgan fingerprint density at radius 3 is 2.72 bits per heavy atom. The summed E-state index contributed by atoms with van der Waals surface area (Å²) in [5, 5.41) is 12.7. The molecule has 0 aromatic heterocycles. The Labute approximate surface area is 110 Å². The molecule has 0 spiro atoms. The van der Waals surface area contributed by atoms with Crippen molar-refractivity contribution in [2.24, 2.45) is 0 Å². The first-order chi connectivity index (χ1) is 8.63. The van der Waals surface area contributed by atoms with E-state index in [2.05, 4.69) is 24.4 Å². The Bertz CT molecular complexity index is 354. The number of ether oxygens (including phenoxy) is 1. The third kappa shape index (κ3) is 4.67. The van der Waals surface area contributed by atoms with Gasteiger partial charge in [0, 0.05) is 12.0 Å². The Balaban J connectivity index is 2.44. The summed E-state index contributed by atoms with van der Waals surface area (Å²) in [5.41, 5.74) is 1.03. The summed E-state index contributed by atoms with van der Waals surface area (Å²) in [7, 11) is 0. The Morgan fingerprint density at radius 2 is 2.11 bits per heavy atom. The molecule has 0 fully saturated rings. The molecule has 0 bridgehead atoms. The van der Waals surface area contributed by atoms with Crippen LogP contribution in [0.4, 0.5) is 0 Å². The molecule has 0 amide bonds. The van der Waals surface area contributed by atoms with Gasteiger partial charge in [0.05, 0.1) is 13.2 Å². The molecule has 0 heterocycles. The van der Waals surface area contributed by atoms with Crippen LogP contribution in [-0.4, -0.2) is 30.4 Å². The molecular weight excluding hydrogens is 226 g/mol. The van der Waals surface area contributed by atoms with Crippen LogP contribution in [0.15, 0.2) is 24.3 Å². The second kappa shape index (κ2) is 7.39. The van der Waals surface area contributed by atoms with Crippen LogP contribution >= 0.6 is 0 Å². The topological polar surface area (TPSA) is 41.5 Å². The molecule has 2 N–H and O–H groups in total. The third-order valence-electron chi connectivity index (χ3n) is 3.18. The molecule has 102 valence electrons. The van der Waals surface area contributed by atoms with E-state index >= 15 is 0 Å². The van der Waals surface area contributed by atoms with Crippen molar-refractivity contribution in [2.45, 2.75) is 39.2 Å². The summed E-state index contributed by atoms with van der Waals surface area (Å²) in [5.74, 6) is 0.908. The smallest absolute Gasteiger partial charge is 0.119 e. The maximum absolute atomic E-state index is 9.38. The molecule has 1 aromatic rings. The second-order valence-electron chi connectivity index (χ2n) is 4.85. The lowest BCUT2D eigenvalue weighted by atomic mass is 10.00. The summed E-state index contributed by atoms with van der Waals surface area (Å²) in [6.07, 6.45) is 1.80. The molecule has 0 aliphatic heterocycles. The predicted molar refractivity (Wildman–Crippen MR) is 75.1 cm³/mol. The minimum Gasteiger partial charge on any atom is -0.494 e. The fraction of sp³-hybridized carbons (Fsp3) is 0.600. The lowest BCUT2D eigenvalue weighted by Crippen LogP contribution is -2.46. The molecule has 0 aliphatic carbocycles. The van der Waals surface area contributed by atoms with Crippen LogP contribution in [0.1, 0.15) is 32.8 Å². The zero-order valence-electron chi connectivity index (χ0n) is 11.7. The highest BCUT2D eigenvalue weighted by Gasteiger charge is 2.21. The van der Waals surface area contributed by atoms with Gasteiger partial charge in [-0.3, -0.25) is 0 Å². The van der Waals surface area contributed by atoms with Crippen molar-refractivity contribution < 1.29 is 9.84 Å². The number of hydrogen-bond acceptors (Lipinski definition) is 3. The highest BCUT2D eigenvalue weighted by atomic mass is 16.5. The summed E-state index contributed by atoms with van der Waals surface area (Å²) >= 11 is 0. The molecule has 1 unspecified atom stereocenters. The largest absolute Gasteiger partial charge is 0.494 e. The highest BCUT2D eigenvalue weighted by Crippen LogP contribution is 2.15. The lowest BCUT2D eigenvalue weighted by molar-refractivity contribution is 0.146. The Morgan fingerprint density at radius 1 is 1.33 bits per heavy atom. The van der Waals surface area contributed by atoms with E-state index in [1.807, 2.05) is 26.0 Å². The van der Waals surface area contributed by atoms with Gasteiger partial charge in [-0.05, 0) is 37.6 Å². The molecular formula is C15H25NO2. The van der Waals surface area contributed by atoms with Gasteiger partial charge in [-0.25, -0.2) is 0 Å². The van der Waals surface area contributed by atoms with Crippen molar-refractivity contribution in [3.8, 4) is 5.75 Å². The number of nitrogens with one attached hydrogen (secondary N) is 1. The monoisotopic (exact) mass is 251 g/mol. The molecule has 0 radical (unpaired) electrons. The first-order valence-electron chi connectivity index (χ1n) is 6.71. The second-order valence-corrected chi connectivity index (χ2v) is 4.85. The van der Waals surface area contributed by atoms with Crippen molar-refractivity contribution in [3.63, 3.8) is 0 Å². The number of likely N-dealkylation sites (N-methyl/N-ethyl adjacent to an activating group) is 1. The van der Waals surface area contributed by atoms with E-state index in [9.17, 15) is 5.11 Å². The zero-order chi connectivity index (χ0) is 13.4. The van der Waals surface area contributed by atoms with Crippen molar-refractivity contribution in [1.29, 1.82) is 0 Å². The zero-order valence-corrected chi connectivity index (χ0v) is 11.7. The van der Waals surface area contributed by atoms with Crippen LogP contribution in [0.5, 0.6) is 5.75 Å².